The zero-order valence-electron chi connectivity index (χ0n) is 7.12. The van der Waals surface area contributed by atoms with Crippen LogP contribution in [0.4, 0.5) is 5.69 Å². The smallest absolute Gasteiger partial charge is 0.173 e. The molecule has 66 valence electrons. The maximum Gasteiger partial charge on any atom is 0.173 e. The highest BCUT2D eigenvalue weighted by Gasteiger charge is 2.20. The summed E-state index contributed by atoms with van der Waals surface area (Å²) in [4.78, 5) is 15.9. The number of ketones is 1. The first kappa shape index (κ1) is 8.63. The van der Waals surface area contributed by atoms with Gasteiger partial charge in [-0.2, -0.15) is 0 Å². The molecule has 0 amide bonds. The fourth-order valence-corrected chi connectivity index (χ4v) is 1.68. The van der Waals surface area contributed by atoms with Gasteiger partial charge in [0.2, 0.25) is 0 Å². The van der Waals surface area contributed by atoms with Gasteiger partial charge in [0, 0.05) is 16.3 Å². The number of hydrogen-bond donors (Lipinski definition) is 0. The van der Waals surface area contributed by atoms with E-state index < -0.39 is 0 Å². The Labute approximate surface area is 84.8 Å². The zero-order valence-corrected chi connectivity index (χ0v) is 8.71. The second kappa shape index (κ2) is 3.07. The van der Waals surface area contributed by atoms with E-state index in [0.29, 0.717) is 5.56 Å². The fraction of sp³-hybridized carbons (Fsp3) is 0.200. The van der Waals surface area contributed by atoms with Crippen molar-refractivity contribution in [2.24, 2.45) is 10.9 Å². The first-order valence-electron chi connectivity index (χ1n) is 4.06. The molecule has 0 saturated carbocycles. The zero-order chi connectivity index (χ0) is 9.42. The average Bonchev–Trinajstić information content (AvgIpc) is 2.12. The minimum Gasteiger partial charge on any atom is -0.293 e. The predicted molar refractivity (Wildman–Crippen MR) is 55.8 cm³/mol. The second-order valence-corrected chi connectivity index (χ2v) is 4.01. The van der Waals surface area contributed by atoms with Gasteiger partial charge in [-0.05, 0) is 18.2 Å². The maximum atomic E-state index is 11.7. The highest BCUT2D eigenvalue weighted by atomic mass is 79.9. The molecule has 0 saturated heterocycles. The highest BCUT2D eigenvalue weighted by Crippen LogP contribution is 2.28. The van der Waals surface area contributed by atoms with E-state index in [1.165, 1.54) is 0 Å². The monoisotopic (exact) mass is 237 g/mol. The molecule has 1 aromatic rings. The van der Waals surface area contributed by atoms with Crippen LogP contribution in [-0.2, 0) is 0 Å². The van der Waals surface area contributed by atoms with Crippen LogP contribution in [0.25, 0.3) is 0 Å². The lowest BCUT2D eigenvalue weighted by Gasteiger charge is -2.13. The molecule has 1 atom stereocenters. The Morgan fingerprint density at radius 1 is 1.46 bits per heavy atom. The van der Waals surface area contributed by atoms with Gasteiger partial charge >= 0.3 is 0 Å². The Bertz CT molecular complexity index is 398. The number of halogens is 1. The number of hydrogen-bond acceptors (Lipinski definition) is 2. The van der Waals surface area contributed by atoms with E-state index in [2.05, 4.69) is 20.9 Å². The Morgan fingerprint density at radius 2 is 2.23 bits per heavy atom. The lowest BCUT2D eigenvalue weighted by Crippen LogP contribution is -2.15. The summed E-state index contributed by atoms with van der Waals surface area (Å²) in [5.74, 6) is 0.0492. The van der Waals surface area contributed by atoms with Crippen LogP contribution in [-0.4, -0.2) is 12.0 Å². The summed E-state index contributed by atoms with van der Waals surface area (Å²) < 4.78 is 0.920. The van der Waals surface area contributed by atoms with E-state index in [1.807, 2.05) is 25.1 Å². The molecule has 1 aliphatic heterocycles. The van der Waals surface area contributed by atoms with Crippen molar-refractivity contribution in [2.75, 3.05) is 0 Å². The van der Waals surface area contributed by atoms with Crippen LogP contribution >= 0.6 is 15.9 Å². The molecule has 1 aromatic carbocycles. The van der Waals surface area contributed by atoms with Crippen molar-refractivity contribution in [1.29, 1.82) is 0 Å². The molecular formula is C10H8BrNO. The van der Waals surface area contributed by atoms with Gasteiger partial charge in [-0.3, -0.25) is 9.79 Å². The van der Waals surface area contributed by atoms with Crippen LogP contribution in [0.2, 0.25) is 0 Å². The van der Waals surface area contributed by atoms with Crippen LogP contribution in [0.3, 0.4) is 0 Å². The summed E-state index contributed by atoms with van der Waals surface area (Å²) in [6, 6.07) is 5.56. The third-order valence-corrected chi connectivity index (χ3v) is 2.57. The standard InChI is InChI=1S/C10H8BrNO/c1-6-5-12-9-3-2-7(11)4-8(9)10(6)13/h2-6H,1H3. The lowest BCUT2D eigenvalue weighted by molar-refractivity contribution is 0.0962. The summed E-state index contributed by atoms with van der Waals surface area (Å²) in [5.41, 5.74) is 1.48. The van der Waals surface area contributed by atoms with Crippen molar-refractivity contribution in [3.63, 3.8) is 0 Å². The minimum absolute atomic E-state index is 0.0956. The Kier molecular flexibility index (Phi) is 2.04. The molecule has 2 nitrogen and oxygen atoms in total. The summed E-state index contributed by atoms with van der Waals surface area (Å²) >= 11 is 3.33. The van der Waals surface area contributed by atoms with Crippen molar-refractivity contribution < 1.29 is 4.79 Å². The largest absolute Gasteiger partial charge is 0.293 e. The molecule has 0 aliphatic carbocycles. The summed E-state index contributed by atoms with van der Waals surface area (Å²) in [6.45, 7) is 1.86. The Balaban J connectivity index is 2.60. The molecule has 3 heteroatoms. The number of nitrogens with zero attached hydrogens (tertiary/aromatic N) is 1. The topological polar surface area (TPSA) is 29.4 Å². The predicted octanol–water partition coefficient (Wildman–Crippen LogP) is 2.98. The lowest BCUT2D eigenvalue weighted by atomic mass is 9.96. The van der Waals surface area contributed by atoms with E-state index in [4.69, 9.17) is 0 Å². The van der Waals surface area contributed by atoms with Crippen LogP contribution in [0.5, 0.6) is 0 Å². The number of Topliss-reactive ketones (excluding diaryl/α,β-unsaturated/α-hetero) is 1. The van der Waals surface area contributed by atoms with E-state index in [0.717, 1.165) is 10.2 Å². The molecule has 13 heavy (non-hydrogen) atoms. The first-order valence-corrected chi connectivity index (χ1v) is 4.86. The molecule has 2 rings (SSSR count). The molecule has 1 unspecified atom stereocenters. The van der Waals surface area contributed by atoms with Gasteiger partial charge < -0.3 is 0 Å². The fourth-order valence-electron chi connectivity index (χ4n) is 1.32. The Hall–Kier alpha value is -0.960. The van der Waals surface area contributed by atoms with Crippen LogP contribution in [0, 0.1) is 5.92 Å². The number of rotatable bonds is 0. The van der Waals surface area contributed by atoms with Crippen LogP contribution in [0.1, 0.15) is 17.3 Å². The first-order chi connectivity index (χ1) is 6.18. The van der Waals surface area contributed by atoms with Crippen molar-refractivity contribution in [1.82, 2.24) is 0 Å². The van der Waals surface area contributed by atoms with Crippen molar-refractivity contribution >= 4 is 33.6 Å². The van der Waals surface area contributed by atoms with Gasteiger partial charge in [0.05, 0.1) is 11.6 Å². The van der Waals surface area contributed by atoms with Gasteiger partial charge in [0.15, 0.2) is 5.78 Å². The van der Waals surface area contributed by atoms with Gasteiger partial charge in [-0.25, -0.2) is 0 Å². The van der Waals surface area contributed by atoms with Crippen molar-refractivity contribution in [3.05, 3.63) is 28.2 Å². The summed E-state index contributed by atoms with van der Waals surface area (Å²) in [7, 11) is 0. The number of carbonyl (C=O) groups excluding carboxylic acids is 1. The summed E-state index contributed by atoms with van der Waals surface area (Å²) in [5, 5.41) is 0. The number of fused-ring (bicyclic) bond motifs is 1. The van der Waals surface area contributed by atoms with E-state index in [1.54, 1.807) is 6.21 Å². The van der Waals surface area contributed by atoms with Crippen LogP contribution in [0.15, 0.2) is 27.7 Å². The van der Waals surface area contributed by atoms with Gasteiger partial charge in [0.1, 0.15) is 0 Å². The molecule has 0 bridgehead atoms. The molecule has 0 fully saturated rings. The summed E-state index contributed by atoms with van der Waals surface area (Å²) in [6.07, 6.45) is 1.69. The third-order valence-electron chi connectivity index (χ3n) is 2.07. The highest BCUT2D eigenvalue weighted by molar-refractivity contribution is 9.10. The number of carbonyl (C=O) groups is 1. The van der Waals surface area contributed by atoms with Crippen molar-refractivity contribution in [2.45, 2.75) is 6.92 Å². The van der Waals surface area contributed by atoms with Gasteiger partial charge in [-0.15, -0.1) is 0 Å². The number of benzene rings is 1. The van der Waals surface area contributed by atoms with Gasteiger partial charge in [-0.1, -0.05) is 22.9 Å². The van der Waals surface area contributed by atoms with E-state index in [9.17, 15) is 4.79 Å². The molecule has 0 radical (unpaired) electrons. The molecular weight excluding hydrogens is 230 g/mol. The molecule has 0 aromatic heterocycles. The molecule has 1 heterocycles. The quantitative estimate of drug-likeness (QED) is 0.683. The maximum absolute atomic E-state index is 11.7. The van der Waals surface area contributed by atoms with Crippen LogP contribution < -0.4 is 0 Å². The third kappa shape index (κ3) is 1.44. The molecule has 1 aliphatic rings. The minimum atomic E-state index is -0.0956. The van der Waals surface area contributed by atoms with Gasteiger partial charge in [0.25, 0.3) is 0 Å². The number of aliphatic imine (C=N–C) groups is 1. The van der Waals surface area contributed by atoms with E-state index in [-0.39, 0.29) is 11.7 Å². The SMILES string of the molecule is CC1C=Nc2ccc(Br)cc2C1=O. The van der Waals surface area contributed by atoms with E-state index >= 15 is 0 Å². The average molecular weight is 238 g/mol. The second-order valence-electron chi connectivity index (χ2n) is 3.09. The Morgan fingerprint density at radius 3 is 3.00 bits per heavy atom. The molecule has 0 spiro atoms. The van der Waals surface area contributed by atoms with Crippen molar-refractivity contribution in [3.8, 4) is 0 Å². The molecule has 0 N–H and O–H groups in total. The normalized spacial score (nSPS) is 20.2.